The topological polar surface area (TPSA) is 17.1 Å². The summed E-state index contributed by atoms with van der Waals surface area (Å²) in [6.45, 7) is 18.1. The lowest BCUT2D eigenvalue weighted by Gasteiger charge is -2.10. The third-order valence-electron chi connectivity index (χ3n) is 7.84. The van der Waals surface area contributed by atoms with Gasteiger partial charge in [0.2, 0.25) is 0 Å². The molecule has 0 saturated heterocycles. The Bertz CT molecular complexity index is 398. The van der Waals surface area contributed by atoms with E-state index in [0.29, 0.717) is 5.92 Å². The molecule has 1 heteroatoms. The highest BCUT2D eigenvalue weighted by Gasteiger charge is 2.08. The molecule has 2 fully saturated rings. The molecule has 2 aliphatic rings. The Morgan fingerprint density at radius 2 is 0.763 bits per heavy atom. The van der Waals surface area contributed by atoms with Gasteiger partial charge in [-0.1, -0.05) is 188 Å². The minimum atomic E-state index is 0.351. The average Bonchev–Trinajstić information content (AvgIpc) is 3.44. The largest absolute Gasteiger partial charge is 0.303 e. The van der Waals surface area contributed by atoms with Gasteiger partial charge in [0.15, 0.2) is 0 Å². The van der Waals surface area contributed by atoms with E-state index < -0.39 is 0 Å². The van der Waals surface area contributed by atoms with Crippen molar-refractivity contribution in [2.45, 2.75) is 209 Å². The normalized spacial score (nSPS) is 19.7. The van der Waals surface area contributed by atoms with Crippen LogP contribution in [-0.2, 0) is 4.79 Å². The second-order valence-corrected chi connectivity index (χ2v) is 11.5. The maximum absolute atomic E-state index is 11.2. The van der Waals surface area contributed by atoms with E-state index in [0.717, 1.165) is 25.2 Å². The van der Waals surface area contributed by atoms with Gasteiger partial charge in [-0.2, -0.15) is 0 Å². The van der Waals surface area contributed by atoms with Crippen molar-refractivity contribution >= 4 is 6.29 Å². The third kappa shape index (κ3) is 37.6. The van der Waals surface area contributed by atoms with Crippen LogP contribution < -0.4 is 0 Å². The molecule has 38 heavy (non-hydrogen) atoms. The summed E-state index contributed by atoms with van der Waals surface area (Å²) < 4.78 is 0. The van der Waals surface area contributed by atoms with Crippen LogP contribution in [0.2, 0.25) is 0 Å². The summed E-state index contributed by atoms with van der Waals surface area (Å²) in [6.07, 6.45) is 35.9. The third-order valence-corrected chi connectivity index (χ3v) is 7.84. The smallest absolute Gasteiger partial charge is 0.123 e. The van der Waals surface area contributed by atoms with E-state index in [1.54, 1.807) is 0 Å². The Labute approximate surface area is 243 Å². The van der Waals surface area contributed by atoms with Crippen LogP contribution in [0.3, 0.4) is 0 Å². The molecule has 230 valence electrons. The fraction of sp³-hybridized carbons (Fsp3) is 0.919. The van der Waals surface area contributed by atoms with Gasteiger partial charge in [0.05, 0.1) is 0 Å². The zero-order valence-corrected chi connectivity index (χ0v) is 28.0. The molecule has 0 aromatic carbocycles. The first-order chi connectivity index (χ1) is 18.6. The molecule has 0 aromatic heterocycles. The summed E-state index contributed by atoms with van der Waals surface area (Å²) in [4.78, 5) is 11.2. The van der Waals surface area contributed by atoms with E-state index in [1.807, 2.05) is 34.6 Å². The van der Waals surface area contributed by atoms with Crippen LogP contribution in [0, 0.1) is 11.8 Å². The van der Waals surface area contributed by atoms with Crippen molar-refractivity contribution in [2.24, 2.45) is 11.8 Å². The molecule has 0 atom stereocenters. The quantitative estimate of drug-likeness (QED) is 0.253. The summed E-state index contributed by atoms with van der Waals surface area (Å²) in [5, 5.41) is 0. The number of allylic oxidation sites excluding steroid dienone is 1. The van der Waals surface area contributed by atoms with Crippen LogP contribution in [0.5, 0.6) is 0 Å². The number of rotatable bonds is 2. The van der Waals surface area contributed by atoms with Gasteiger partial charge in [0.25, 0.3) is 0 Å². The number of carbonyl (C=O) groups excluding carboxylic acids is 1. The van der Waals surface area contributed by atoms with Gasteiger partial charge >= 0.3 is 0 Å². The van der Waals surface area contributed by atoms with Crippen LogP contribution >= 0.6 is 0 Å². The van der Waals surface area contributed by atoms with Gasteiger partial charge in [0, 0.05) is 5.92 Å². The van der Waals surface area contributed by atoms with Crippen molar-refractivity contribution in [3.05, 3.63) is 12.2 Å². The van der Waals surface area contributed by atoms with Crippen LogP contribution in [-0.4, -0.2) is 6.29 Å². The molecule has 0 N–H and O–H groups in total. The van der Waals surface area contributed by atoms with Gasteiger partial charge in [-0.05, 0) is 32.1 Å². The van der Waals surface area contributed by atoms with Gasteiger partial charge in [-0.25, -0.2) is 0 Å². The molecule has 0 aliphatic heterocycles. The van der Waals surface area contributed by atoms with Crippen molar-refractivity contribution in [3.63, 3.8) is 0 Å². The first-order valence-electron chi connectivity index (χ1n) is 17.7. The maximum atomic E-state index is 11.2. The van der Waals surface area contributed by atoms with E-state index >= 15 is 0 Å². The Balaban J connectivity index is -0.000000664. The van der Waals surface area contributed by atoms with Crippen molar-refractivity contribution in [1.29, 1.82) is 0 Å². The summed E-state index contributed by atoms with van der Waals surface area (Å²) in [6, 6.07) is 0. The molecular formula is C37H76O. The standard InChI is InChI=1S/C22H42O.C6H12.C5H10.2C2H6/c23-21-22-19-17-15-13-11-9-7-5-3-1-2-4-6-8-10-12-14-16-18-20-22;1-6-4-2-3-5-6;1-4-5(2)3;2*1-2/h21-22H,1-20H2;6H,2-5H2,1H3;2,4H2,1,3H3;2*1-2H3. The fourth-order valence-corrected chi connectivity index (χ4v) is 5.05. The van der Waals surface area contributed by atoms with Crippen molar-refractivity contribution < 1.29 is 4.79 Å². The summed E-state index contributed by atoms with van der Waals surface area (Å²) in [5.41, 5.74) is 1.25. The molecule has 0 spiro atoms. The summed E-state index contributed by atoms with van der Waals surface area (Å²) in [7, 11) is 0. The second-order valence-electron chi connectivity index (χ2n) is 11.5. The van der Waals surface area contributed by atoms with Crippen LogP contribution in [0.15, 0.2) is 12.2 Å². The van der Waals surface area contributed by atoms with Crippen molar-refractivity contribution in [1.82, 2.24) is 0 Å². The fourth-order valence-electron chi connectivity index (χ4n) is 5.05. The summed E-state index contributed by atoms with van der Waals surface area (Å²) in [5.74, 6) is 1.40. The summed E-state index contributed by atoms with van der Waals surface area (Å²) >= 11 is 0. The lowest BCUT2D eigenvalue weighted by atomic mass is 9.95. The monoisotopic (exact) mass is 537 g/mol. The van der Waals surface area contributed by atoms with Crippen LogP contribution in [0.25, 0.3) is 0 Å². The minimum absolute atomic E-state index is 0.351. The van der Waals surface area contributed by atoms with Gasteiger partial charge in [0.1, 0.15) is 6.29 Å². The van der Waals surface area contributed by atoms with Gasteiger partial charge in [-0.15, -0.1) is 6.58 Å². The van der Waals surface area contributed by atoms with E-state index in [2.05, 4.69) is 20.4 Å². The van der Waals surface area contributed by atoms with Crippen molar-refractivity contribution in [3.8, 4) is 0 Å². The zero-order valence-electron chi connectivity index (χ0n) is 28.0. The average molecular weight is 537 g/mol. The number of hydrogen-bond acceptors (Lipinski definition) is 1. The Morgan fingerprint density at radius 1 is 0.553 bits per heavy atom. The van der Waals surface area contributed by atoms with Crippen LogP contribution in [0.1, 0.15) is 209 Å². The highest BCUT2D eigenvalue weighted by molar-refractivity contribution is 5.53. The van der Waals surface area contributed by atoms with E-state index in [9.17, 15) is 4.79 Å². The SMILES string of the molecule is C=C(C)CC.CC.CC.CC1CCCC1.O=CC1CCCCCCCCCCCCCCCCCCCC1. The molecule has 0 radical (unpaired) electrons. The minimum Gasteiger partial charge on any atom is -0.303 e. The van der Waals surface area contributed by atoms with Gasteiger partial charge < -0.3 is 4.79 Å². The van der Waals surface area contributed by atoms with E-state index in [1.165, 1.54) is 153 Å². The predicted molar refractivity (Wildman–Crippen MR) is 177 cm³/mol. The molecule has 0 amide bonds. The molecule has 2 saturated carbocycles. The molecule has 2 aliphatic carbocycles. The Kier molecular flexibility index (Phi) is 42.5. The molecule has 0 heterocycles. The molecular weight excluding hydrogens is 460 g/mol. The first kappa shape index (κ1) is 41.9. The second kappa shape index (κ2) is 38.6. The maximum Gasteiger partial charge on any atom is 0.123 e. The predicted octanol–water partition coefficient (Wildman–Crippen LogP) is 13.8. The highest BCUT2D eigenvalue weighted by atomic mass is 16.1. The van der Waals surface area contributed by atoms with Gasteiger partial charge in [-0.3, -0.25) is 0 Å². The number of hydrogen-bond donors (Lipinski definition) is 0. The first-order valence-corrected chi connectivity index (χ1v) is 17.7. The molecule has 0 aromatic rings. The highest BCUT2D eigenvalue weighted by Crippen LogP contribution is 2.23. The zero-order chi connectivity index (χ0) is 29.1. The molecule has 0 bridgehead atoms. The van der Waals surface area contributed by atoms with E-state index in [-0.39, 0.29) is 0 Å². The number of aldehydes is 1. The van der Waals surface area contributed by atoms with Crippen molar-refractivity contribution in [2.75, 3.05) is 0 Å². The van der Waals surface area contributed by atoms with E-state index in [4.69, 9.17) is 0 Å². The Morgan fingerprint density at radius 3 is 0.921 bits per heavy atom. The lowest BCUT2D eigenvalue weighted by molar-refractivity contribution is -0.111. The van der Waals surface area contributed by atoms with Crippen LogP contribution in [0.4, 0.5) is 0 Å². The lowest BCUT2D eigenvalue weighted by Crippen LogP contribution is -2.02. The number of carbonyl (C=O) groups is 1. The Hall–Kier alpha value is -0.590. The molecule has 1 nitrogen and oxygen atoms in total. The molecule has 2 rings (SSSR count). The molecule has 0 unspecified atom stereocenters.